The summed E-state index contributed by atoms with van der Waals surface area (Å²) in [6.45, 7) is 3.74. The van der Waals surface area contributed by atoms with Crippen molar-refractivity contribution in [3.05, 3.63) is 69.5 Å². The predicted molar refractivity (Wildman–Crippen MR) is 76.3 cm³/mol. The fourth-order valence-electron chi connectivity index (χ4n) is 2.04. The van der Waals surface area contributed by atoms with Gasteiger partial charge in [-0.3, -0.25) is 10.1 Å². The van der Waals surface area contributed by atoms with Crippen LogP contribution < -0.4 is 5.32 Å². The Morgan fingerprint density at radius 1 is 1.20 bits per heavy atom. The highest BCUT2D eigenvalue weighted by Gasteiger charge is 2.09. The average molecular weight is 274 g/mol. The third kappa shape index (κ3) is 3.32. The van der Waals surface area contributed by atoms with Crippen LogP contribution in [-0.4, -0.2) is 4.92 Å². The maximum absolute atomic E-state index is 13.3. The van der Waals surface area contributed by atoms with Crippen LogP contribution in [0.15, 0.2) is 42.5 Å². The molecule has 0 bridgehead atoms. The summed E-state index contributed by atoms with van der Waals surface area (Å²) in [5.74, 6) is -0.289. The Morgan fingerprint density at radius 3 is 2.40 bits per heavy atom. The van der Waals surface area contributed by atoms with Crippen molar-refractivity contribution in [3.63, 3.8) is 0 Å². The minimum atomic E-state index is -0.433. The molecule has 4 nitrogen and oxygen atoms in total. The van der Waals surface area contributed by atoms with Crippen molar-refractivity contribution in [2.75, 3.05) is 5.32 Å². The third-order valence-electron chi connectivity index (χ3n) is 3.03. The van der Waals surface area contributed by atoms with Crippen molar-refractivity contribution in [1.29, 1.82) is 0 Å². The summed E-state index contributed by atoms with van der Waals surface area (Å²) in [5.41, 5.74) is 2.48. The standard InChI is InChI=1S/C15H15FN2O2/c1-10-7-13(16)9-14(8-10)17-11(2)12-3-5-15(6-4-12)18(19)20/h3-9,11,17H,1-2H3. The maximum Gasteiger partial charge on any atom is 0.269 e. The molecular weight excluding hydrogens is 259 g/mol. The first-order valence-electron chi connectivity index (χ1n) is 6.24. The lowest BCUT2D eigenvalue weighted by atomic mass is 10.1. The van der Waals surface area contributed by atoms with Crippen LogP contribution in [0.2, 0.25) is 0 Å². The van der Waals surface area contributed by atoms with Crippen LogP contribution in [0.25, 0.3) is 0 Å². The number of benzene rings is 2. The van der Waals surface area contributed by atoms with Crippen LogP contribution in [0.1, 0.15) is 24.1 Å². The molecular formula is C15H15FN2O2. The second kappa shape index (κ2) is 5.69. The van der Waals surface area contributed by atoms with E-state index in [1.807, 2.05) is 19.9 Å². The molecule has 0 fully saturated rings. The number of aryl methyl sites for hydroxylation is 1. The highest BCUT2D eigenvalue weighted by Crippen LogP contribution is 2.22. The lowest BCUT2D eigenvalue weighted by molar-refractivity contribution is -0.384. The summed E-state index contributed by atoms with van der Waals surface area (Å²) >= 11 is 0. The van der Waals surface area contributed by atoms with Gasteiger partial charge in [0.1, 0.15) is 5.82 Å². The molecule has 5 heteroatoms. The van der Waals surface area contributed by atoms with Gasteiger partial charge in [0.25, 0.3) is 5.69 Å². The van der Waals surface area contributed by atoms with Crippen molar-refractivity contribution in [3.8, 4) is 0 Å². The van der Waals surface area contributed by atoms with Crippen molar-refractivity contribution in [2.45, 2.75) is 19.9 Å². The molecule has 0 saturated carbocycles. The largest absolute Gasteiger partial charge is 0.378 e. The molecule has 2 rings (SSSR count). The Morgan fingerprint density at radius 2 is 1.85 bits per heavy atom. The van der Waals surface area contributed by atoms with Crippen molar-refractivity contribution in [1.82, 2.24) is 0 Å². The van der Waals surface area contributed by atoms with Crippen molar-refractivity contribution < 1.29 is 9.31 Å². The van der Waals surface area contributed by atoms with Crippen LogP contribution in [0.5, 0.6) is 0 Å². The number of nitrogens with zero attached hydrogens (tertiary/aromatic N) is 1. The number of halogens is 1. The zero-order valence-corrected chi connectivity index (χ0v) is 11.3. The molecule has 20 heavy (non-hydrogen) atoms. The molecule has 0 aliphatic heterocycles. The van der Waals surface area contributed by atoms with Gasteiger partial charge < -0.3 is 5.32 Å². The first-order chi connectivity index (χ1) is 9.45. The van der Waals surface area contributed by atoms with Gasteiger partial charge in [0, 0.05) is 23.9 Å². The smallest absolute Gasteiger partial charge is 0.269 e. The van der Waals surface area contributed by atoms with Gasteiger partial charge in [-0.25, -0.2) is 4.39 Å². The molecule has 1 unspecified atom stereocenters. The van der Waals surface area contributed by atoms with Crippen LogP contribution in [0.3, 0.4) is 0 Å². The number of nitro benzene ring substituents is 1. The van der Waals surface area contributed by atoms with Gasteiger partial charge in [-0.05, 0) is 43.2 Å². The minimum absolute atomic E-state index is 0.0579. The number of anilines is 1. The van der Waals surface area contributed by atoms with E-state index in [9.17, 15) is 14.5 Å². The second-order valence-electron chi connectivity index (χ2n) is 4.73. The summed E-state index contributed by atoms with van der Waals surface area (Å²) in [7, 11) is 0. The molecule has 0 aliphatic rings. The van der Waals surface area contributed by atoms with Crippen LogP contribution in [0, 0.1) is 22.9 Å². The third-order valence-corrected chi connectivity index (χ3v) is 3.03. The Hall–Kier alpha value is -2.43. The van der Waals surface area contributed by atoms with E-state index in [1.165, 1.54) is 24.3 Å². The zero-order chi connectivity index (χ0) is 14.7. The van der Waals surface area contributed by atoms with Crippen molar-refractivity contribution in [2.24, 2.45) is 0 Å². The van der Waals surface area contributed by atoms with Crippen molar-refractivity contribution >= 4 is 11.4 Å². The summed E-state index contributed by atoms with van der Waals surface area (Å²) < 4.78 is 13.3. The number of nitro groups is 1. The fourth-order valence-corrected chi connectivity index (χ4v) is 2.04. The first-order valence-corrected chi connectivity index (χ1v) is 6.24. The fraction of sp³-hybridized carbons (Fsp3) is 0.200. The number of non-ortho nitro benzene ring substituents is 1. The van der Waals surface area contributed by atoms with E-state index < -0.39 is 4.92 Å². The summed E-state index contributed by atoms with van der Waals surface area (Å²) in [4.78, 5) is 10.2. The van der Waals surface area contributed by atoms with Crippen LogP contribution >= 0.6 is 0 Å². The molecule has 2 aromatic rings. The van der Waals surface area contributed by atoms with E-state index in [1.54, 1.807) is 12.1 Å². The van der Waals surface area contributed by atoms with Crippen LogP contribution in [-0.2, 0) is 0 Å². The zero-order valence-electron chi connectivity index (χ0n) is 11.3. The van der Waals surface area contributed by atoms with Gasteiger partial charge in [-0.2, -0.15) is 0 Å². The van der Waals surface area contributed by atoms with Crippen LogP contribution in [0.4, 0.5) is 15.8 Å². The predicted octanol–water partition coefficient (Wildman–Crippen LogP) is 4.22. The number of nitrogens with one attached hydrogen (secondary N) is 1. The molecule has 0 heterocycles. The molecule has 0 saturated heterocycles. The average Bonchev–Trinajstić information content (AvgIpc) is 2.37. The molecule has 0 aromatic heterocycles. The summed E-state index contributed by atoms with van der Waals surface area (Å²) in [5, 5.41) is 13.8. The Labute approximate surface area is 116 Å². The van der Waals surface area contributed by atoms with E-state index >= 15 is 0 Å². The topological polar surface area (TPSA) is 55.2 Å². The molecule has 104 valence electrons. The summed E-state index contributed by atoms with van der Waals surface area (Å²) in [6, 6.07) is 11.0. The van der Waals surface area contributed by atoms with Gasteiger partial charge in [0.2, 0.25) is 0 Å². The van der Waals surface area contributed by atoms with E-state index in [4.69, 9.17) is 0 Å². The van der Waals surface area contributed by atoms with E-state index in [2.05, 4.69) is 5.32 Å². The Bertz CT molecular complexity index is 606. The number of hydrogen-bond donors (Lipinski definition) is 1. The highest BCUT2D eigenvalue weighted by molar-refractivity contribution is 5.48. The minimum Gasteiger partial charge on any atom is -0.378 e. The SMILES string of the molecule is Cc1cc(F)cc(NC(C)c2ccc([N+](=O)[O-])cc2)c1. The summed E-state index contributed by atoms with van der Waals surface area (Å²) in [6.07, 6.45) is 0. The maximum atomic E-state index is 13.3. The monoisotopic (exact) mass is 274 g/mol. The molecule has 2 aromatic carbocycles. The lowest BCUT2D eigenvalue weighted by Crippen LogP contribution is -2.07. The molecule has 1 N–H and O–H groups in total. The molecule has 0 aliphatic carbocycles. The van der Waals surface area contributed by atoms with E-state index in [-0.39, 0.29) is 17.5 Å². The molecule has 0 amide bonds. The normalized spacial score (nSPS) is 11.9. The van der Waals surface area contributed by atoms with Gasteiger partial charge in [0.15, 0.2) is 0 Å². The number of rotatable bonds is 4. The highest BCUT2D eigenvalue weighted by atomic mass is 19.1. The molecule has 0 radical (unpaired) electrons. The van der Waals surface area contributed by atoms with Gasteiger partial charge in [-0.1, -0.05) is 12.1 Å². The van der Waals surface area contributed by atoms with Gasteiger partial charge in [0.05, 0.1) is 4.92 Å². The molecule has 1 atom stereocenters. The first kappa shape index (κ1) is 14.0. The van der Waals surface area contributed by atoms with Gasteiger partial charge >= 0.3 is 0 Å². The Kier molecular flexibility index (Phi) is 3.98. The van der Waals surface area contributed by atoms with Gasteiger partial charge in [-0.15, -0.1) is 0 Å². The Balaban J connectivity index is 2.14. The second-order valence-corrected chi connectivity index (χ2v) is 4.73. The van der Waals surface area contributed by atoms with E-state index in [0.717, 1.165) is 11.1 Å². The number of hydrogen-bond acceptors (Lipinski definition) is 3. The quantitative estimate of drug-likeness (QED) is 0.671. The lowest BCUT2D eigenvalue weighted by Gasteiger charge is -2.16. The van der Waals surface area contributed by atoms with E-state index in [0.29, 0.717) is 5.69 Å². The molecule has 0 spiro atoms.